The van der Waals surface area contributed by atoms with Gasteiger partial charge in [0, 0.05) is 9.78 Å². The number of carbonyl (C=O) groups is 3. The van der Waals surface area contributed by atoms with Gasteiger partial charge in [-0.3, -0.25) is 19.9 Å². The number of nitrogens with zero attached hydrogens (tertiary/aromatic N) is 2. The molecule has 0 spiro atoms. The Morgan fingerprint density at radius 1 is 1.08 bits per heavy atom. The van der Waals surface area contributed by atoms with E-state index in [-0.39, 0.29) is 0 Å². The molecule has 1 fully saturated rings. The summed E-state index contributed by atoms with van der Waals surface area (Å²) in [5.74, 6) is -2.59. The molecule has 2 aromatic carbocycles. The molecular weight excluding hydrogens is 457 g/mol. The second-order valence-electron chi connectivity index (χ2n) is 5.15. The average Bonchev–Trinajstić information content (AvgIpc) is 2.57. The summed E-state index contributed by atoms with van der Waals surface area (Å²) in [5, 5.41) is 2.57. The molecule has 0 bridgehead atoms. The van der Waals surface area contributed by atoms with Crippen molar-refractivity contribution in [3.05, 3.63) is 57.1 Å². The molecule has 0 aliphatic carbocycles. The summed E-state index contributed by atoms with van der Waals surface area (Å²) in [4.78, 5) is 41.8. The van der Waals surface area contributed by atoms with E-state index in [1.165, 1.54) is 6.21 Å². The van der Waals surface area contributed by atoms with Crippen LogP contribution in [0.4, 0.5) is 16.2 Å². The Balaban J connectivity index is 1.90. The average molecular weight is 468 g/mol. The first-order valence-electron chi connectivity index (χ1n) is 7.20. The summed E-state index contributed by atoms with van der Waals surface area (Å²) in [6.07, 6.45) is 1.20. The third-order valence-electron chi connectivity index (χ3n) is 3.50. The number of halogens is 2. The van der Waals surface area contributed by atoms with Gasteiger partial charge in [-0.25, -0.2) is 9.69 Å². The summed E-state index contributed by atoms with van der Waals surface area (Å²) >= 11 is 8.13. The Morgan fingerprint density at radius 3 is 2.44 bits per heavy atom. The zero-order chi connectivity index (χ0) is 18.0. The first kappa shape index (κ1) is 17.6. The predicted octanol–water partition coefficient (Wildman–Crippen LogP) is 3.55. The van der Waals surface area contributed by atoms with Crippen LogP contribution in [0.25, 0.3) is 0 Å². The van der Waals surface area contributed by atoms with E-state index in [2.05, 4.69) is 32.9 Å². The lowest BCUT2D eigenvalue weighted by Gasteiger charge is -2.28. The van der Waals surface area contributed by atoms with Gasteiger partial charge in [-0.05, 0) is 59.0 Å². The molecule has 1 N–H and O–H groups in total. The van der Waals surface area contributed by atoms with Crippen molar-refractivity contribution < 1.29 is 14.4 Å². The van der Waals surface area contributed by atoms with Gasteiger partial charge in [0.2, 0.25) is 5.91 Å². The first-order chi connectivity index (χ1) is 12.0. The van der Waals surface area contributed by atoms with E-state index in [0.29, 0.717) is 16.4 Å². The third-order valence-corrected chi connectivity index (χ3v) is 4.54. The highest BCUT2D eigenvalue weighted by Gasteiger charge is 2.40. The fourth-order valence-corrected chi connectivity index (χ4v) is 2.81. The maximum Gasteiger partial charge on any atom is 0.335 e. The number of hydrogen-bond acceptors (Lipinski definition) is 4. The van der Waals surface area contributed by atoms with Gasteiger partial charge in [-0.1, -0.05) is 23.7 Å². The fourth-order valence-electron chi connectivity index (χ4n) is 2.27. The Kier molecular flexibility index (Phi) is 5.14. The quantitative estimate of drug-likeness (QED) is 0.426. The highest BCUT2D eigenvalue weighted by atomic mass is 127. The van der Waals surface area contributed by atoms with Crippen molar-refractivity contribution in [2.75, 3.05) is 4.90 Å². The van der Waals surface area contributed by atoms with E-state index in [9.17, 15) is 14.4 Å². The zero-order valence-electron chi connectivity index (χ0n) is 12.6. The summed E-state index contributed by atoms with van der Waals surface area (Å²) in [6, 6.07) is 12.8. The normalized spacial score (nSPS) is 17.9. The van der Waals surface area contributed by atoms with Crippen LogP contribution in [-0.4, -0.2) is 24.1 Å². The van der Waals surface area contributed by atoms with Crippen LogP contribution in [0.5, 0.6) is 0 Å². The number of benzene rings is 2. The predicted molar refractivity (Wildman–Crippen MR) is 103 cm³/mol. The van der Waals surface area contributed by atoms with E-state index in [1.54, 1.807) is 48.5 Å². The van der Waals surface area contributed by atoms with Crippen LogP contribution < -0.4 is 10.2 Å². The largest absolute Gasteiger partial charge is 0.335 e. The number of urea groups is 1. The van der Waals surface area contributed by atoms with Gasteiger partial charge in [-0.15, -0.1) is 0 Å². The van der Waals surface area contributed by atoms with Crippen LogP contribution in [0, 0.1) is 9.49 Å². The lowest BCUT2D eigenvalue weighted by Crippen LogP contribution is -2.58. The number of amides is 4. The van der Waals surface area contributed by atoms with Crippen molar-refractivity contribution in [1.82, 2.24) is 5.32 Å². The number of nitrogens with one attached hydrogen (secondary N) is 1. The van der Waals surface area contributed by atoms with Gasteiger partial charge < -0.3 is 0 Å². The summed E-state index contributed by atoms with van der Waals surface area (Å²) in [5.41, 5.74) is 0.814. The van der Waals surface area contributed by atoms with Crippen molar-refractivity contribution in [2.45, 2.75) is 0 Å². The molecule has 2 aromatic rings. The summed E-state index contributed by atoms with van der Waals surface area (Å²) in [7, 11) is 0. The van der Waals surface area contributed by atoms with Gasteiger partial charge in [0.05, 0.1) is 16.4 Å². The molecule has 1 heterocycles. The number of aliphatic imine (C=N–C) groups is 1. The second-order valence-corrected chi connectivity index (χ2v) is 6.80. The minimum Gasteiger partial charge on any atom is -0.276 e. The maximum absolute atomic E-state index is 12.7. The highest BCUT2D eigenvalue weighted by Crippen LogP contribution is 2.25. The Morgan fingerprint density at radius 2 is 1.76 bits per heavy atom. The second kappa shape index (κ2) is 7.32. The van der Waals surface area contributed by atoms with Crippen LogP contribution in [0.2, 0.25) is 5.02 Å². The van der Waals surface area contributed by atoms with Gasteiger partial charge in [0.1, 0.15) is 0 Å². The number of imide groups is 2. The van der Waals surface area contributed by atoms with Crippen molar-refractivity contribution in [2.24, 2.45) is 10.9 Å². The molecule has 1 saturated heterocycles. The van der Waals surface area contributed by atoms with Gasteiger partial charge >= 0.3 is 6.03 Å². The standard InChI is InChI=1S/C17H11ClIN3O3/c18-13-3-1-2-4-14(13)20-9-12-15(23)21-17(25)22(16(12)24)11-7-5-10(19)6-8-11/h1-9,12H,(H,21,23,25)/t12-/m1/s1. The first-order valence-corrected chi connectivity index (χ1v) is 8.66. The maximum atomic E-state index is 12.7. The van der Waals surface area contributed by atoms with E-state index in [4.69, 9.17) is 11.6 Å². The summed E-state index contributed by atoms with van der Waals surface area (Å²) in [6.45, 7) is 0. The molecule has 0 unspecified atom stereocenters. The summed E-state index contributed by atoms with van der Waals surface area (Å²) < 4.78 is 0.958. The van der Waals surface area contributed by atoms with E-state index < -0.39 is 23.8 Å². The molecule has 25 heavy (non-hydrogen) atoms. The molecule has 3 rings (SSSR count). The zero-order valence-corrected chi connectivity index (χ0v) is 15.6. The molecule has 126 valence electrons. The highest BCUT2D eigenvalue weighted by molar-refractivity contribution is 14.1. The van der Waals surface area contributed by atoms with Crippen LogP contribution >= 0.6 is 34.2 Å². The van der Waals surface area contributed by atoms with Crippen LogP contribution in [-0.2, 0) is 9.59 Å². The van der Waals surface area contributed by atoms with Crippen molar-refractivity contribution in [3.8, 4) is 0 Å². The molecule has 0 radical (unpaired) electrons. The number of rotatable bonds is 3. The molecule has 6 nitrogen and oxygen atoms in total. The molecule has 8 heteroatoms. The molecule has 1 atom stereocenters. The van der Waals surface area contributed by atoms with Gasteiger partial charge in [0.25, 0.3) is 5.91 Å². The Hall–Kier alpha value is -2.26. The molecular formula is C17H11ClIN3O3. The van der Waals surface area contributed by atoms with Crippen LogP contribution in [0.15, 0.2) is 53.5 Å². The molecule has 4 amide bonds. The van der Waals surface area contributed by atoms with Crippen molar-refractivity contribution in [3.63, 3.8) is 0 Å². The molecule has 0 saturated carbocycles. The monoisotopic (exact) mass is 467 g/mol. The minimum absolute atomic E-state index is 0.381. The third kappa shape index (κ3) is 3.72. The van der Waals surface area contributed by atoms with Gasteiger partial charge in [-0.2, -0.15) is 0 Å². The molecule has 1 aliphatic heterocycles. The Bertz CT molecular complexity index is 883. The number of anilines is 1. The van der Waals surface area contributed by atoms with Crippen molar-refractivity contribution in [1.29, 1.82) is 0 Å². The fraction of sp³-hybridized carbons (Fsp3) is 0.0588. The topological polar surface area (TPSA) is 78.8 Å². The van der Waals surface area contributed by atoms with Crippen molar-refractivity contribution >= 4 is 69.6 Å². The molecule has 0 aromatic heterocycles. The number of barbiturate groups is 1. The number of para-hydroxylation sites is 1. The Labute approximate surface area is 162 Å². The number of carbonyl (C=O) groups excluding carboxylic acids is 3. The lowest BCUT2D eigenvalue weighted by atomic mass is 10.1. The minimum atomic E-state index is -1.21. The lowest BCUT2D eigenvalue weighted by molar-refractivity contribution is -0.131. The van der Waals surface area contributed by atoms with E-state index in [0.717, 1.165) is 8.47 Å². The molecule has 1 aliphatic rings. The van der Waals surface area contributed by atoms with E-state index >= 15 is 0 Å². The number of hydrogen-bond donors (Lipinski definition) is 1. The van der Waals surface area contributed by atoms with Gasteiger partial charge in [0.15, 0.2) is 5.92 Å². The van der Waals surface area contributed by atoms with Crippen LogP contribution in [0.3, 0.4) is 0 Å². The SMILES string of the molecule is O=C1NC(=O)N(c2ccc(I)cc2)C(=O)[C@@H]1C=Nc1ccccc1Cl. The van der Waals surface area contributed by atoms with E-state index in [1.807, 2.05) is 0 Å². The smallest absolute Gasteiger partial charge is 0.276 e. The van der Waals surface area contributed by atoms with Crippen LogP contribution in [0.1, 0.15) is 0 Å².